The number of aryl methyl sites for hydroxylation is 2. The van der Waals surface area contributed by atoms with Gasteiger partial charge in [0.05, 0.1) is 24.1 Å². The predicted octanol–water partition coefficient (Wildman–Crippen LogP) is 0.902. The summed E-state index contributed by atoms with van der Waals surface area (Å²) in [5, 5.41) is 4.56. The van der Waals surface area contributed by atoms with E-state index in [0.717, 1.165) is 0 Å². The van der Waals surface area contributed by atoms with Gasteiger partial charge in [0.2, 0.25) is 10.0 Å². The van der Waals surface area contributed by atoms with Crippen LogP contribution in [-0.4, -0.2) is 27.7 Å². The van der Waals surface area contributed by atoms with Crippen LogP contribution in [0.5, 0.6) is 0 Å². The molecule has 1 N–H and O–H groups in total. The van der Waals surface area contributed by atoms with Crippen molar-refractivity contribution < 1.29 is 8.42 Å². The molecule has 0 amide bonds. The molecule has 0 aliphatic heterocycles. The van der Waals surface area contributed by atoms with E-state index in [1.165, 1.54) is 6.20 Å². The molecule has 2 aromatic heterocycles. The van der Waals surface area contributed by atoms with E-state index in [1.807, 2.05) is 0 Å². The minimum atomic E-state index is -3.64. The number of hydrogen-bond acceptors (Lipinski definition) is 4. The van der Waals surface area contributed by atoms with Crippen LogP contribution in [0.2, 0.25) is 5.15 Å². The van der Waals surface area contributed by atoms with Crippen LogP contribution in [0, 0.1) is 13.8 Å². The third kappa shape index (κ3) is 2.58. The molecule has 0 radical (unpaired) electrons. The summed E-state index contributed by atoms with van der Waals surface area (Å²) >= 11 is 5.86. The van der Waals surface area contributed by atoms with Gasteiger partial charge in [0.1, 0.15) is 15.9 Å². The molecule has 0 spiro atoms. The minimum Gasteiger partial charge on any atom is -0.321 e. The molecule has 0 atom stereocenters. The lowest BCUT2D eigenvalue weighted by Crippen LogP contribution is -2.25. The van der Waals surface area contributed by atoms with E-state index in [-0.39, 0.29) is 11.4 Å². The Balaban J connectivity index is 2.26. The zero-order chi connectivity index (χ0) is 15.1. The maximum atomic E-state index is 12.3. The van der Waals surface area contributed by atoms with Crippen LogP contribution in [-0.2, 0) is 30.7 Å². The van der Waals surface area contributed by atoms with Gasteiger partial charge in [-0.25, -0.2) is 18.1 Å². The number of sulfonamides is 1. The fourth-order valence-electron chi connectivity index (χ4n) is 1.96. The van der Waals surface area contributed by atoms with E-state index < -0.39 is 10.0 Å². The van der Waals surface area contributed by atoms with Crippen molar-refractivity contribution in [3.05, 3.63) is 28.6 Å². The molecule has 7 nitrogen and oxygen atoms in total. The first-order valence-corrected chi connectivity index (χ1v) is 7.76. The lowest BCUT2D eigenvalue weighted by Gasteiger charge is -2.07. The van der Waals surface area contributed by atoms with E-state index in [1.54, 1.807) is 37.2 Å². The van der Waals surface area contributed by atoms with E-state index in [4.69, 9.17) is 11.6 Å². The highest BCUT2D eigenvalue weighted by Gasteiger charge is 2.24. The molecule has 2 rings (SSSR count). The number of nitrogens with one attached hydrogen (secondary N) is 1. The molecule has 0 unspecified atom stereocenters. The molecule has 0 bridgehead atoms. The fraction of sp³-hybridized carbons (Fsp3) is 0.455. The fourth-order valence-corrected chi connectivity index (χ4v) is 3.52. The zero-order valence-electron chi connectivity index (χ0n) is 11.7. The van der Waals surface area contributed by atoms with Gasteiger partial charge in [-0.05, 0) is 13.8 Å². The molecule has 0 fully saturated rings. The lowest BCUT2D eigenvalue weighted by molar-refractivity contribution is 0.576. The van der Waals surface area contributed by atoms with Gasteiger partial charge < -0.3 is 4.57 Å². The Bertz CT molecular complexity index is 747. The molecule has 0 saturated heterocycles. The Morgan fingerprint density at radius 2 is 2.00 bits per heavy atom. The van der Waals surface area contributed by atoms with E-state index in [2.05, 4.69) is 14.8 Å². The standard InChI is InChI=1S/C11H16ClN5O2S/c1-7-11(8(2)17(4)15-7)20(18,19)14-6-10-13-5-9(12)16(10)3/h5,14H,6H2,1-4H3. The number of halogens is 1. The third-order valence-corrected chi connectivity index (χ3v) is 5.16. The number of nitrogens with zero attached hydrogens (tertiary/aromatic N) is 4. The van der Waals surface area contributed by atoms with Crippen LogP contribution >= 0.6 is 11.6 Å². The Morgan fingerprint density at radius 3 is 2.45 bits per heavy atom. The van der Waals surface area contributed by atoms with Gasteiger partial charge in [-0.2, -0.15) is 5.10 Å². The first-order chi connectivity index (χ1) is 9.24. The molecule has 0 aromatic carbocycles. The summed E-state index contributed by atoms with van der Waals surface area (Å²) in [6.07, 6.45) is 1.48. The second kappa shape index (κ2) is 5.19. The summed E-state index contributed by atoms with van der Waals surface area (Å²) in [5.74, 6) is 0.540. The highest BCUT2D eigenvalue weighted by Crippen LogP contribution is 2.18. The molecule has 0 aliphatic carbocycles. The van der Waals surface area contributed by atoms with Gasteiger partial charge in [0.15, 0.2) is 0 Å². The number of imidazole rings is 1. The molecule has 9 heteroatoms. The van der Waals surface area contributed by atoms with Crippen molar-refractivity contribution in [2.75, 3.05) is 0 Å². The van der Waals surface area contributed by atoms with Gasteiger partial charge in [-0.1, -0.05) is 11.6 Å². The van der Waals surface area contributed by atoms with Crippen molar-refractivity contribution in [3.63, 3.8) is 0 Å². The van der Waals surface area contributed by atoms with Crippen molar-refractivity contribution in [1.29, 1.82) is 0 Å². The maximum Gasteiger partial charge on any atom is 0.244 e. The van der Waals surface area contributed by atoms with E-state index in [0.29, 0.717) is 22.4 Å². The Morgan fingerprint density at radius 1 is 1.35 bits per heavy atom. The quantitative estimate of drug-likeness (QED) is 0.908. The molecule has 110 valence electrons. The van der Waals surface area contributed by atoms with Crippen LogP contribution in [0.4, 0.5) is 0 Å². The SMILES string of the molecule is Cc1nn(C)c(C)c1S(=O)(=O)NCc1ncc(Cl)n1C. The number of aromatic nitrogens is 4. The zero-order valence-corrected chi connectivity index (χ0v) is 13.2. The summed E-state index contributed by atoms with van der Waals surface area (Å²) in [4.78, 5) is 4.25. The van der Waals surface area contributed by atoms with Crippen LogP contribution < -0.4 is 4.72 Å². The molecular weight excluding hydrogens is 302 g/mol. The Labute approximate surface area is 122 Å². The summed E-state index contributed by atoms with van der Waals surface area (Å²) < 4.78 is 30.4. The second-order valence-corrected chi connectivity index (χ2v) is 6.60. The van der Waals surface area contributed by atoms with Crippen LogP contribution in [0.1, 0.15) is 17.2 Å². The van der Waals surface area contributed by atoms with Crippen LogP contribution in [0.3, 0.4) is 0 Å². The maximum absolute atomic E-state index is 12.3. The third-order valence-electron chi connectivity index (χ3n) is 3.16. The topological polar surface area (TPSA) is 81.8 Å². The molecule has 20 heavy (non-hydrogen) atoms. The predicted molar refractivity (Wildman–Crippen MR) is 74.9 cm³/mol. The molecule has 0 aliphatic rings. The average Bonchev–Trinajstić information content (AvgIpc) is 2.80. The number of rotatable bonds is 4. The molecular formula is C11H16ClN5O2S. The summed E-state index contributed by atoms with van der Waals surface area (Å²) in [6.45, 7) is 3.45. The summed E-state index contributed by atoms with van der Waals surface area (Å²) in [6, 6.07) is 0. The van der Waals surface area contributed by atoms with Crippen molar-refractivity contribution >= 4 is 21.6 Å². The van der Waals surface area contributed by atoms with Crippen LogP contribution in [0.15, 0.2) is 11.1 Å². The monoisotopic (exact) mass is 317 g/mol. The second-order valence-electron chi connectivity index (χ2n) is 4.50. The molecule has 2 aromatic rings. The summed E-state index contributed by atoms with van der Waals surface area (Å²) in [5.41, 5.74) is 1.06. The number of hydrogen-bond donors (Lipinski definition) is 1. The first kappa shape index (κ1) is 15.0. The van der Waals surface area contributed by atoms with Crippen molar-refractivity contribution in [3.8, 4) is 0 Å². The smallest absolute Gasteiger partial charge is 0.244 e. The normalized spacial score (nSPS) is 12.1. The highest BCUT2D eigenvalue weighted by molar-refractivity contribution is 7.89. The van der Waals surface area contributed by atoms with Gasteiger partial charge >= 0.3 is 0 Å². The lowest BCUT2D eigenvalue weighted by atomic mass is 10.4. The van der Waals surface area contributed by atoms with E-state index >= 15 is 0 Å². The van der Waals surface area contributed by atoms with Gasteiger partial charge in [0, 0.05) is 14.1 Å². The van der Waals surface area contributed by atoms with Crippen LogP contribution in [0.25, 0.3) is 0 Å². The van der Waals surface area contributed by atoms with Gasteiger partial charge in [0.25, 0.3) is 0 Å². The minimum absolute atomic E-state index is 0.0688. The van der Waals surface area contributed by atoms with Crippen molar-refractivity contribution in [2.24, 2.45) is 14.1 Å². The molecule has 0 saturated carbocycles. The Hall–Kier alpha value is -1.38. The van der Waals surface area contributed by atoms with Crippen molar-refractivity contribution in [2.45, 2.75) is 25.3 Å². The van der Waals surface area contributed by atoms with Gasteiger partial charge in [-0.15, -0.1) is 0 Å². The van der Waals surface area contributed by atoms with E-state index in [9.17, 15) is 8.42 Å². The Kier molecular flexibility index (Phi) is 3.90. The summed E-state index contributed by atoms with van der Waals surface area (Å²) in [7, 11) is -0.206. The largest absolute Gasteiger partial charge is 0.321 e. The van der Waals surface area contributed by atoms with Gasteiger partial charge in [-0.3, -0.25) is 4.68 Å². The first-order valence-electron chi connectivity index (χ1n) is 5.90. The molecule has 2 heterocycles. The average molecular weight is 318 g/mol. The highest BCUT2D eigenvalue weighted by atomic mass is 35.5. The van der Waals surface area contributed by atoms with Crippen molar-refractivity contribution in [1.82, 2.24) is 24.1 Å².